The maximum absolute atomic E-state index is 12.9. The van der Waals surface area contributed by atoms with E-state index in [0.29, 0.717) is 12.2 Å². The molecule has 0 bridgehead atoms. The van der Waals surface area contributed by atoms with Gasteiger partial charge in [-0.05, 0) is 44.0 Å². The van der Waals surface area contributed by atoms with Gasteiger partial charge in [-0.25, -0.2) is 26.8 Å². The Morgan fingerprint density at radius 1 is 1.19 bits per heavy atom. The van der Waals surface area contributed by atoms with Gasteiger partial charge in [0.05, 0.1) is 21.9 Å². The van der Waals surface area contributed by atoms with Crippen LogP contribution in [0.25, 0.3) is 0 Å². The molecule has 3 rings (SSSR count). The largest absolute Gasteiger partial charge is 0.321 e. The van der Waals surface area contributed by atoms with Crippen molar-refractivity contribution in [3.05, 3.63) is 41.2 Å². The Balaban J connectivity index is 1.80. The molecule has 1 aliphatic heterocycles. The summed E-state index contributed by atoms with van der Waals surface area (Å²) in [5.74, 6) is -0.957. The van der Waals surface area contributed by atoms with Gasteiger partial charge in [0.25, 0.3) is 5.91 Å². The molecular weight excluding hydrogens is 464 g/mol. The number of hydrogen-bond acceptors (Lipinski definition) is 7. The van der Waals surface area contributed by atoms with Crippen molar-refractivity contribution in [2.75, 3.05) is 17.6 Å². The number of nitrogens with one attached hydrogen (secondary N) is 1. The monoisotopic (exact) mass is 486 g/mol. The van der Waals surface area contributed by atoms with Gasteiger partial charge in [-0.15, -0.1) is 0 Å². The standard InChI is InChI=1S/C19H23ClN4O5S2/c1-3-30(26,27)19-21-12-16(20)17(23-19)18(25)22-14-7-9-15(10-8-14)31(28,29)24-11-5-4-6-13(24)2/h7-10,12-13H,3-6,11H2,1-2H3,(H,22,25)/t13-/m0/s1. The quantitative estimate of drug-likeness (QED) is 0.622. The predicted octanol–water partition coefficient (Wildman–Crippen LogP) is 2.74. The van der Waals surface area contributed by atoms with Gasteiger partial charge in [0.2, 0.25) is 25.0 Å². The number of sulfonamides is 1. The number of nitrogens with zero attached hydrogens (tertiary/aromatic N) is 3. The maximum atomic E-state index is 12.9. The lowest BCUT2D eigenvalue weighted by molar-refractivity contribution is 0.102. The number of carbonyl (C=O) groups excluding carboxylic acids is 1. The smallest absolute Gasteiger partial charge is 0.275 e. The van der Waals surface area contributed by atoms with E-state index in [1.807, 2.05) is 6.92 Å². The first-order chi connectivity index (χ1) is 14.6. The van der Waals surface area contributed by atoms with Crippen molar-refractivity contribution in [2.24, 2.45) is 0 Å². The first-order valence-corrected chi connectivity index (χ1v) is 13.2. The lowest BCUT2D eigenvalue weighted by Gasteiger charge is -2.32. The summed E-state index contributed by atoms with van der Waals surface area (Å²) in [7, 11) is -7.34. The fourth-order valence-corrected chi connectivity index (χ4v) is 5.83. The fraction of sp³-hybridized carbons (Fsp3) is 0.421. The van der Waals surface area contributed by atoms with Gasteiger partial charge in [0.1, 0.15) is 0 Å². The van der Waals surface area contributed by atoms with Crippen LogP contribution < -0.4 is 5.32 Å². The zero-order valence-electron chi connectivity index (χ0n) is 17.1. The summed E-state index contributed by atoms with van der Waals surface area (Å²) < 4.78 is 51.2. The fourth-order valence-electron chi connectivity index (χ4n) is 3.25. The van der Waals surface area contributed by atoms with E-state index in [-0.39, 0.29) is 27.4 Å². The van der Waals surface area contributed by atoms with E-state index in [2.05, 4.69) is 15.3 Å². The third-order valence-corrected chi connectivity index (χ3v) is 8.87. The van der Waals surface area contributed by atoms with E-state index in [4.69, 9.17) is 11.6 Å². The first kappa shape index (κ1) is 23.6. The molecule has 1 atom stereocenters. The number of piperidine rings is 1. The second-order valence-corrected chi connectivity index (χ2v) is 11.7. The summed E-state index contributed by atoms with van der Waals surface area (Å²) in [5, 5.41) is 1.96. The van der Waals surface area contributed by atoms with Gasteiger partial charge < -0.3 is 5.32 Å². The zero-order chi connectivity index (χ0) is 22.8. The summed E-state index contributed by atoms with van der Waals surface area (Å²) in [6, 6.07) is 5.68. The third kappa shape index (κ3) is 5.05. The van der Waals surface area contributed by atoms with E-state index >= 15 is 0 Å². The molecule has 1 aromatic carbocycles. The molecule has 1 amide bonds. The van der Waals surface area contributed by atoms with Crippen LogP contribution in [0.2, 0.25) is 5.02 Å². The zero-order valence-corrected chi connectivity index (χ0v) is 19.5. The topological polar surface area (TPSA) is 126 Å². The van der Waals surface area contributed by atoms with Crippen LogP contribution in [0.4, 0.5) is 5.69 Å². The molecular formula is C19H23ClN4O5S2. The van der Waals surface area contributed by atoms with Crippen LogP contribution in [0.1, 0.15) is 43.6 Å². The molecule has 1 aliphatic rings. The number of rotatable bonds is 6. The highest BCUT2D eigenvalue weighted by atomic mass is 35.5. The molecule has 1 fully saturated rings. The van der Waals surface area contributed by atoms with E-state index in [9.17, 15) is 21.6 Å². The summed E-state index contributed by atoms with van der Waals surface area (Å²) in [6.45, 7) is 3.81. The number of hydrogen-bond donors (Lipinski definition) is 1. The molecule has 2 heterocycles. The Morgan fingerprint density at radius 2 is 1.87 bits per heavy atom. The molecule has 0 spiro atoms. The molecule has 0 saturated carbocycles. The highest BCUT2D eigenvalue weighted by Crippen LogP contribution is 2.26. The number of amides is 1. The molecule has 168 valence electrons. The van der Waals surface area contributed by atoms with Crippen molar-refractivity contribution in [1.29, 1.82) is 0 Å². The van der Waals surface area contributed by atoms with E-state index in [1.54, 1.807) is 0 Å². The maximum Gasteiger partial charge on any atom is 0.275 e. The average molecular weight is 487 g/mol. The van der Waals surface area contributed by atoms with Gasteiger partial charge >= 0.3 is 0 Å². The van der Waals surface area contributed by atoms with E-state index < -0.39 is 30.9 Å². The Morgan fingerprint density at radius 3 is 2.48 bits per heavy atom. The van der Waals surface area contributed by atoms with Gasteiger partial charge in [-0.3, -0.25) is 4.79 Å². The summed E-state index contributed by atoms with van der Waals surface area (Å²) in [4.78, 5) is 20.2. The number of anilines is 1. The van der Waals surface area contributed by atoms with Crippen LogP contribution in [0.3, 0.4) is 0 Å². The van der Waals surface area contributed by atoms with Crippen LogP contribution in [0.15, 0.2) is 40.5 Å². The van der Waals surface area contributed by atoms with Crippen LogP contribution >= 0.6 is 11.6 Å². The molecule has 12 heteroatoms. The van der Waals surface area contributed by atoms with Gasteiger partial charge in [0, 0.05) is 18.3 Å². The highest BCUT2D eigenvalue weighted by Gasteiger charge is 2.31. The second kappa shape index (κ2) is 9.19. The van der Waals surface area contributed by atoms with Gasteiger partial charge in [-0.2, -0.15) is 4.31 Å². The van der Waals surface area contributed by atoms with E-state index in [1.165, 1.54) is 35.5 Å². The molecule has 0 aliphatic carbocycles. The number of sulfone groups is 1. The Hall–Kier alpha value is -2.08. The molecule has 0 radical (unpaired) electrons. The first-order valence-electron chi connectivity index (χ1n) is 9.75. The lowest BCUT2D eigenvalue weighted by Crippen LogP contribution is -2.41. The number of halogens is 1. The molecule has 31 heavy (non-hydrogen) atoms. The number of benzene rings is 1. The molecule has 1 aromatic heterocycles. The molecule has 2 aromatic rings. The Kier molecular flexibility index (Phi) is 6.99. The van der Waals surface area contributed by atoms with Crippen LogP contribution in [-0.2, 0) is 19.9 Å². The molecule has 1 N–H and O–H groups in total. The van der Waals surface area contributed by atoms with Crippen LogP contribution in [0.5, 0.6) is 0 Å². The second-order valence-electron chi connectivity index (χ2n) is 7.19. The third-order valence-electron chi connectivity index (χ3n) is 5.06. The predicted molar refractivity (Wildman–Crippen MR) is 116 cm³/mol. The van der Waals surface area contributed by atoms with Crippen molar-refractivity contribution in [3.8, 4) is 0 Å². The van der Waals surface area contributed by atoms with Crippen LogP contribution in [-0.4, -0.2) is 55.4 Å². The molecule has 1 saturated heterocycles. The minimum absolute atomic E-state index is 0.0633. The highest BCUT2D eigenvalue weighted by molar-refractivity contribution is 7.91. The minimum Gasteiger partial charge on any atom is -0.321 e. The summed E-state index contributed by atoms with van der Waals surface area (Å²) in [6.07, 6.45) is 3.71. The normalized spacial score (nSPS) is 18.0. The van der Waals surface area contributed by atoms with E-state index in [0.717, 1.165) is 25.5 Å². The van der Waals surface area contributed by atoms with Gasteiger partial charge in [-0.1, -0.05) is 24.9 Å². The SMILES string of the molecule is CCS(=O)(=O)c1ncc(Cl)c(C(=O)Nc2ccc(S(=O)(=O)N3CCCC[C@@H]3C)cc2)n1. The van der Waals surface area contributed by atoms with Crippen molar-refractivity contribution in [2.45, 2.75) is 49.2 Å². The number of carbonyl (C=O) groups is 1. The number of aromatic nitrogens is 2. The van der Waals surface area contributed by atoms with Crippen LogP contribution in [0, 0.1) is 0 Å². The average Bonchev–Trinajstić information content (AvgIpc) is 2.74. The Labute approximate surface area is 186 Å². The Bertz CT molecular complexity index is 1180. The lowest BCUT2D eigenvalue weighted by atomic mass is 10.1. The molecule has 0 unspecified atom stereocenters. The van der Waals surface area contributed by atoms with Crippen molar-refractivity contribution >= 4 is 43.1 Å². The van der Waals surface area contributed by atoms with Crippen molar-refractivity contribution in [3.63, 3.8) is 0 Å². The van der Waals surface area contributed by atoms with Crippen molar-refractivity contribution in [1.82, 2.24) is 14.3 Å². The van der Waals surface area contributed by atoms with Crippen molar-refractivity contribution < 1.29 is 21.6 Å². The summed E-state index contributed by atoms with van der Waals surface area (Å²) >= 11 is 5.97. The minimum atomic E-state index is -3.71. The molecule has 9 nitrogen and oxygen atoms in total. The van der Waals surface area contributed by atoms with Gasteiger partial charge in [0.15, 0.2) is 5.69 Å². The summed E-state index contributed by atoms with van der Waals surface area (Å²) in [5.41, 5.74) is 0.0211.